The van der Waals surface area contributed by atoms with Crippen LogP contribution in [0.2, 0.25) is 0 Å². The average Bonchev–Trinajstić information content (AvgIpc) is 3.06. The first-order valence-corrected chi connectivity index (χ1v) is 7.23. The van der Waals surface area contributed by atoms with E-state index in [0.29, 0.717) is 17.0 Å². The molecule has 0 radical (unpaired) electrons. The van der Waals surface area contributed by atoms with Crippen LogP contribution >= 0.6 is 28.1 Å². The number of rotatable bonds is 3. The molecule has 3 aromatic rings. The lowest BCUT2D eigenvalue weighted by Crippen LogP contribution is -1.98. The van der Waals surface area contributed by atoms with Gasteiger partial charge in [-0.25, -0.2) is 4.68 Å². The van der Waals surface area contributed by atoms with Gasteiger partial charge in [0.15, 0.2) is 0 Å². The van der Waals surface area contributed by atoms with E-state index in [1.807, 2.05) is 35.9 Å². The maximum Gasteiger partial charge on any atom is 0.209 e. The molecule has 0 bridgehead atoms. The molecular formula is C12H11BrN6S. The first-order valence-electron chi connectivity index (χ1n) is 6.03. The van der Waals surface area contributed by atoms with Crippen LogP contribution in [0.1, 0.15) is 6.92 Å². The largest absolute Gasteiger partial charge is 0.299 e. The molecular weight excluding hydrogens is 340 g/mol. The number of nitrogens with one attached hydrogen (secondary N) is 1. The summed E-state index contributed by atoms with van der Waals surface area (Å²) in [6.45, 7) is 2.64. The van der Waals surface area contributed by atoms with E-state index in [4.69, 9.17) is 12.2 Å². The molecule has 1 N–H and O–H groups in total. The maximum absolute atomic E-state index is 5.47. The third kappa shape index (κ3) is 2.32. The first-order chi connectivity index (χ1) is 9.69. The zero-order valence-corrected chi connectivity index (χ0v) is 13.0. The van der Waals surface area contributed by atoms with Gasteiger partial charge in [-0.15, -0.1) is 10.2 Å². The number of aromatic nitrogens is 6. The highest BCUT2D eigenvalue weighted by Crippen LogP contribution is 2.19. The van der Waals surface area contributed by atoms with Crippen molar-refractivity contribution < 1.29 is 0 Å². The molecule has 0 amide bonds. The number of H-pyrrole nitrogens is 1. The number of tetrazole rings is 1. The van der Waals surface area contributed by atoms with Gasteiger partial charge in [0.05, 0.1) is 17.8 Å². The molecule has 0 unspecified atom stereocenters. The monoisotopic (exact) mass is 350 g/mol. The molecule has 2 heterocycles. The Morgan fingerprint density at radius 1 is 1.30 bits per heavy atom. The third-order valence-corrected chi connectivity index (χ3v) is 3.76. The highest BCUT2D eigenvalue weighted by atomic mass is 79.9. The van der Waals surface area contributed by atoms with Crippen LogP contribution < -0.4 is 0 Å². The van der Waals surface area contributed by atoms with Crippen molar-refractivity contribution in [2.45, 2.75) is 13.5 Å². The van der Waals surface area contributed by atoms with E-state index in [2.05, 4.69) is 36.4 Å². The summed E-state index contributed by atoms with van der Waals surface area (Å²) in [6, 6.07) is 7.86. The maximum atomic E-state index is 5.47. The summed E-state index contributed by atoms with van der Waals surface area (Å²) in [5, 5.41) is 15.3. The van der Waals surface area contributed by atoms with Crippen LogP contribution in [0.15, 0.2) is 34.9 Å². The summed E-state index contributed by atoms with van der Waals surface area (Å²) in [5.74, 6) is 0.531. The van der Waals surface area contributed by atoms with Gasteiger partial charge < -0.3 is 0 Å². The zero-order valence-electron chi connectivity index (χ0n) is 10.6. The quantitative estimate of drug-likeness (QED) is 0.737. The number of hydrogen-bond donors (Lipinski definition) is 1. The Balaban J connectivity index is 2.04. The molecule has 0 spiro atoms. The van der Waals surface area contributed by atoms with Gasteiger partial charge in [-0.3, -0.25) is 5.10 Å². The van der Waals surface area contributed by atoms with Crippen LogP contribution in [-0.4, -0.2) is 30.0 Å². The van der Waals surface area contributed by atoms with Crippen molar-refractivity contribution in [3.63, 3.8) is 0 Å². The molecule has 0 aliphatic rings. The third-order valence-electron chi connectivity index (χ3n) is 2.83. The van der Waals surface area contributed by atoms with E-state index < -0.39 is 0 Å². The SMILES string of the molecule is CCn1nnc(-c2c[nH]n(-c3ccc(Br)cc3)c2=S)n1. The summed E-state index contributed by atoms with van der Waals surface area (Å²) in [6.07, 6.45) is 1.79. The van der Waals surface area contributed by atoms with Crippen molar-refractivity contribution in [2.24, 2.45) is 0 Å². The van der Waals surface area contributed by atoms with Gasteiger partial charge in [-0.05, 0) is 36.4 Å². The van der Waals surface area contributed by atoms with Gasteiger partial charge in [0.1, 0.15) is 4.64 Å². The molecule has 3 rings (SSSR count). The van der Waals surface area contributed by atoms with Crippen LogP contribution in [0.4, 0.5) is 0 Å². The van der Waals surface area contributed by atoms with E-state index in [1.54, 1.807) is 6.20 Å². The van der Waals surface area contributed by atoms with Crippen molar-refractivity contribution in [3.05, 3.63) is 39.6 Å². The van der Waals surface area contributed by atoms with Gasteiger partial charge >= 0.3 is 0 Å². The second-order valence-electron chi connectivity index (χ2n) is 4.11. The normalized spacial score (nSPS) is 10.9. The molecule has 0 saturated heterocycles. The fourth-order valence-electron chi connectivity index (χ4n) is 1.80. The lowest BCUT2D eigenvalue weighted by Gasteiger charge is -2.02. The highest BCUT2D eigenvalue weighted by Gasteiger charge is 2.11. The molecule has 2 aromatic heterocycles. The summed E-state index contributed by atoms with van der Waals surface area (Å²) >= 11 is 8.88. The summed E-state index contributed by atoms with van der Waals surface area (Å²) in [4.78, 5) is 1.53. The summed E-state index contributed by atoms with van der Waals surface area (Å²) in [5.41, 5.74) is 1.72. The van der Waals surface area contributed by atoms with Crippen molar-refractivity contribution >= 4 is 28.1 Å². The standard InChI is InChI=1S/C12H11BrN6S/c1-2-18-16-11(15-17-18)10-7-14-19(12(10)20)9-5-3-8(13)4-6-9/h3-7,14H,2H2,1H3. The van der Waals surface area contributed by atoms with Gasteiger partial charge in [-0.2, -0.15) is 4.80 Å². The fourth-order valence-corrected chi connectivity index (χ4v) is 2.37. The average molecular weight is 351 g/mol. The summed E-state index contributed by atoms with van der Waals surface area (Å²) < 4.78 is 3.46. The summed E-state index contributed by atoms with van der Waals surface area (Å²) in [7, 11) is 0. The zero-order chi connectivity index (χ0) is 14.1. The number of nitrogens with zero attached hydrogens (tertiary/aromatic N) is 5. The van der Waals surface area contributed by atoms with E-state index in [1.165, 1.54) is 4.80 Å². The van der Waals surface area contributed by atoms with Crippen LogP contribution in [0.25, 0.3) is 17.1 Å². The Morgan fingerprint density at radius 3 is 2.70 bits per heavy atom. The van der Waals surface area contributed by atoms with E-state index >= 15 is 0 Å². The highest BCUT2D eigenvalue weighted by molar-refractivity contribution is 9.10. The molecule has 102 valence electrons. The molecule has 0 aliphatic heterocycles. The molecule has 0 atom stereocenters. The van der Waals surface area contributed by atoms with Crippen LogP contribution in [-0.2, 0) is 6.54 Å². The van der Waals surface area contributed by atoms with Gasteiger partial charge in [0.2, 0.25) is 5.82 Å². The molecule has 8 heteroatoms. The van der Waals surface area contributed by atoms with Crippen LogP contribution in [0.5, 0.6) is 0 Å². The Kier molecular flexibility index (Phi) is 3.49. The number of halogens is 1. The van der Waals surface area contributed by atoms with Gasteiger partial charge in [0, 0.05) is 10.7 Å². The van der Waals surface area contributed by atoms with Gasteiger partial charge in [0.25, 0.3) is 0 Å². The fraction of sp³-hybridized carbons (Fsp3) is 0.167. The number of benzene rings is 1. The second kappa shape index (κ2) is 5.29. The molecule has 1 aromatic carbocycles. The number of aromatic amines is 1. The van der Waals surface area contributed by atoms with Crippen molar-refractivity contribution in [1.29, 1.82) is 0 Å². The predicted octanol–water partition coefficient (Wildman–Crippen LogP) is 2.97. The molecule has 0 aliphatic carbocycles. The van der Waals surface area contributed by atoms with Crippen molar-refractivity contribution in [2.75, 3.05) is 0 Å². The smallest absolute Gasteiger partial charge is 0.209 e. The van der Waals surface area contributed by atoms with E-state index in [-0.39, 0.29) is 0 Å². The van der Waals surface area contributed by atoms with Gasteiger partial charge in [-0.1, -0.05) is 28.1 Å². The van der Waals surface area contributed by atoms with Crippen molar-refractivity contribution in [1.82, 2.24) is 30.0 Å². The predicted molar refractivity (Wildman–Crippen MR) is 81.1 cm³/mol. The minimum absolute atomic E-state index is 0.531. The first kappa shape index (κ1) is 13.2. The minimum Gasteiger partial charge on any atom is -0.299 e. The Hall–Kier alpha value is -1.80. The van der Waals surface area contributed by atoms with E-state index in [9.17, 15) is 0 Å². The molecule has 6 nitrogen and oxygen atoms in total. The van der Waals surface area contributed by atoms with Crippen molar-refractivity contribution in [3.8, 4) is 17.1 Å². The van der Waals surface area contributed by atoms with Crippen LogP contribution in [0.3, 0.4) is 0 Å². The lowest BCUT2D eigenvalue weighted by atomic mass is 10.3. The Bertz CT molecular complexity index is 785. The van der Waals surface area contributed by atoms with Crippen LogP contribution in [0, 0.1) is 4.64 Å². The number of hydrogen-bond acceptors (Lipinski definition) is 4. The molecule has 20 heavy (non-hydrogen) atoms. The number of aryl methyl sites for hydroxylation is 1. The molecule has 0 fully saturated rings. The Morgan fingerprint density at radius 2 is 2.05 bits per heavy atom. The van der Waals surface area contributed by atoms with E-state index in [0.717, 1.165) is 15.7 Å². The minimum atomic E-state index is 0.531. The second-order valence-corrected chi connectivity index (χ2v) is 5.41. The molecule has 0 saturated carbocycles. The lowest BCUT2D eigenvalue weighted by molar-refractivity contribution is 0.553. The topological polar surface area (TPSA) is 64.3 Å². The Labute approximate surface area is 128 Å².